The Hall–Kier alpha value is -1.91. The molecule has 1 unspecified atom stereocenters. The molecule has 5 heteroatoms. The SMILES string of the molecule is CCCC1C(=O)NCC(=O)N1Cc1cncc(C)c1. The Morgan fingerprint density at radius 1 is 1.42 bits per heavy atom. The van der Waals surface area contributed by atoms with Crippen molar-refractivity contribution in [3.63, 3.8) is 0 Å². The summed E-state index contributed by atoms with van der Waals surface area (Å²) < 4.78 is 0. The van der Waals surface area contributed by atoms with Gasteiger partial charge < -0.3 is 10.2 Å². The monoisotopic (exact) mass is 261 g/mol. The minimum Gasteiger partial charge on any atom is -0.345 e. The second-order valence-electron chi connectivity index (χ2n) is 4.91. The van der Waals surface area contributed by atoms with E-state index in [2.05, 4.69) is 10.3 Å². The van der Waals surface area contributed by atoms with Crippen LogP contribution in [0.5, 0.6) is 0 Å². The number of carbonyl (C=O) groups is 2. The Kier molecular flexibility index (Phi) is 4.14. The molecule has 2 heterocycles. The van der Waals surface area contributed by atoms with E-state index in [4.69, 9.17) is 0 Å². The molecule has 0 saturated carbocycles. The van der Waals surface area contributed by atoms with Gasteiger partial charge in [-0.25, -0.2) is 0 Å². The van der Waals surface area contributed by atoms with Crippen LogP contribution in [0.2, 0.25) is 0 Å². The van der Waals surface area contributed by atoms with Gasteiger partial charge in [0.1, 0.15) is 6.04 Å². The maximum atomic E-state index is 12.0. The molecule has 1 aliphatic rings. The van der Waals surface area contributed by atoms with Gasteiger partial charge in [-0.05, 0) is 24.5 Å². The molecule has 1 aromatic heterocycles. The maximum absolute atomic E-state index is 12.0. The lowest BCUT2D eigenvalue weighted by Crippen LogP contribution is -2.57. The number of aromatic nitrogens is 1. The third-order valence-electron chi connectivity index (χ3n) is 3.26. The highest BCUT2D eigenvalue weighted by atomic mass is 16.2. The molecular formula is C14H19N3O2. The normalized spacial score (nSPS) is 19.5. The van der Waals surface area contributed by atoms with Crippen LogP contribution in [-0.4, -0.2) is 34.3 Å². The number of carbonyl (C=O) groups excluding carboxylic acids is 2. The molecular weight excluding hydrogens is 242 g/mol. The van der Waals surface area contributed by atoms with Crippen molar-refractivity contribution in [2.24, 2.45) is 0 Å². The van der Waals surface area contributed by atoms with Gasteiger partial charge in [-0.1, -0.05) is 19.4 Å². The van der Waals surface area contributed by atoms with Gasteiger partial charge in [0.25, 0.3) is 0 Å². The van der Waals surface area contributed by atoms with E-state index in [1.807, 2.05) is 19.9 Å². The fraction of sp³-hybridized carbons (Fsp3) is 0.500. The van der Waals surface area contributed by atoms with Crippen LogP contribution in [0.3, 0.4) is 0 Å². The van der Waals surface area contributed by atoms with Crippen molar-refractivity contribution in [3.8, 4) is 0 Å². The van der Waals surface area contributed by atoms with Gasteiger partial charge in [0.15, 0.2) is 0 Å². The highest BCUT2D eigenvalue weighted by Gasteiger charge is 2.33. The minimum absolute atomic E-state index is 0.0282. The predicted molar refractivity (Wildman–Crippen MR) is 71.2 cm³/mol. The summed E-state index contributed by atoms with van der Waals surface area (Å²) in [7, 11) is 0. The zero-order valence-electron chi connectivity index (χ0n) is 11.3. The van der Waals surface area contributed by atoms with Crippen LogP contribution in [0.4, 0.5) is 0 Å². The number of aryl methyl sites for hydroxylation is 1. The molecule has 2 amide bonds. The van der Waals surface area contributed by atoms with Gasteiger partial charge in [-0.2, -0.15) is 0 Å². The highest BCUT2D eigenvalue weighted by molar-refractivity contribution is 5.94. The van der Waals surface area contributed by atoms with Gasteiger partial charge in [-0.15, -0.1) is 0 Å². The van der Waals surface area contributed by atoms with Gasteiger partial charge in [0, 0.05) is 18.9 Å². The summed E-state index contributed by atoms with van der Waals surface area (Å²) in [5, 5.41) is 2.65. The van der Waals surface area contributed by atoms with Crippen molar-refractivity contribution in [1.29, 1.82) is 0 Å². The third-order valence-corrected chi connectivity index (χ3v) is 3.26. The van der Waals surface area contributed by atoms with E-state index in [-0.39, 0.29) is 24.4 Å². The standard InChI is InChI=1S/C14H19N3O2/c1-3-4-12-14(19)16-8-13(18)17(12)9-11-5-10(2)6-15-7-11/h5-7,12H,3-4,8-9H2,1-2H3,(H,16,19). The average Bonchev–Trinajstić information content (AvgIpc) is 2.38. The van der Waals surface area contributed by atoms with Crippen molar-refractivity contribution in [2.75, 3.05) is 6.54 Å². The Balaban J connectivity index is 2.18. The van der Waals surface area contributed by atoms with E-state index in [9.17, 15) is 9.59 Å². The van der Waals surface area contributed by atoms with Gasteiger partial charge in [-0.3, -0.25) is 14.6 Å². The van der Waals surface area contributed by atoms with Gasteiger partial charge in [0.2, 0.25) is 11.8 Å². The smallest absolute Gasteiger partial charge is 0.243 e. The molecule has 2 rings (SSSR count). The Labute approximate surface area is 113 Å². The van der Waals surface area contributed by atoms with Crippen molar-refractivity contribution in [1.82, 2.24) is 15.2 Å². The zero-order chi connectivity index (χ0) is 13.8. The molecule has 0 aliphatic carbocycles. The maximum Gasteiger partial charge on any atom is 0.243 e. The first-order valence-electron chi connectivity index (χ1n) is 6.59. The largest absolute Gasteiger partial charge is 0.345 e. The first-order valence-corrected chi connectivity index (χ1v) is 6.59. The van der Waals surface area contributed by atoms with Crippen molar-refractivity contribution >= 4 is 11.8 Å². The molecule has 0 bridgehead atoms. The second-order valence-corrected chi connectivity index (χ2v) is 4.91. The molecule has 0 radical (unpaired) electrons. The van der Waals surface area contributed by atoms with E-state index in [1.165, 1.54) is 0 Å². The molecule has 1 atom stereocenters. The van der Waals surface area contributed by atoms with Crippen LogP contribution >= 0.6 is 0 Å². The van der Waals surface area contributed by atoms with Crippen LogP contribution in [0, 0.1) is 6.92 Å². The number of nitrogens with one attached hydrogen (secondary N) is 1. The molecule has 5 nitrogen and oxygen atoms in total. The number of hydrogen-bond acceptors (Lipinski definition) is 3. The highest BCUT2D eigenvalue weighted by Crippen LogP contribution is 2.16. The van der Waals surface area contributed by atoms with Crippen molar-refractivity contribution in [3.05, 3.63) is 29.6 Å². The van der Waals surface area contributed by atoms with E-state index < -0.39 is 0 Å². The number of pyridine rings is 1. The molecule has 1 N–H and O–H groups in total. The van der Waals surface area contributed by atoms with Crippen LogP contribution in [0.1, 0.15) is 30.9 Å². The Morgan fingerprint density at radius 3 is 2.89 bits per heavy atom. The summed E-state index contributed by atoms with van der Waals surface area (Å²) >= 11 is 0. The van der Waals surface area contributed by atoms with Crippen LogP contribution in [-0.2, 0) is 16.1 Å². The van der Waals surface area contributed by atoms with E-state index >= 15 is 0 Å². The topological polar surface area (TPSA) is 62.3 Å². The fourth-order valence-electron chi connectivity index (χ4n) is 2.36. The van der Waals surface area contributed by atoms with Crippen LogP contribution < -0.4 is 5.32 Å². The van der Waals surface area contributed by atoms with E-state index in [1.54, 1.807) is 17.3 Å². The molecule has 102 valence electrons. The Bertz CT molecular complexity index is 487. The van der Waals surface area contributed by atoms with Gasteiger partial charge >= 0.3 is 0 Å². The zero-order valence-corrected chi connectivity index (χ0v) is 11.3. The van der Waals surface area contributed by atoms with Crippen LogP contribution in [0.15, 0.2) is 18.5 Å². The van der Waals surface area contributed by atoms with Crippen molar-refractivity contribution in [2.45, 2.75) is 39.3 Å². The summed E-state index contributed by atoms with van der Waals surface area (Å²) in [4.78, 5) is 29.7. The van der Waals surface area contributed by atoms with E-state index in [0.29, 0.717) is 13.0 Å². The first kappa shape index (κ1) is 13.5. The third kappa shape index (κ3) is 3.10. The molecule has 1 aromatic rings. The summed E-state index contributed by atoms with van der Waals surface area (Å²) in [6, 6.07) is 1.64. The van der Waals surface area contributed by atoms with Crippen molar-refractivity contribution < 1.29 is 9.59 Å². The lowest BCUT2D eigenvalue weighted by Gasteiger charge is -2.34. The number of rotatable bonds is 4. The number of nitrogens with zero attached hydrogens (tertiary/aromatic N) is 2. The summed E-state index contributed by atoms with van der Waals surface area (Å²) in [5.74, 6) is -0.0818. The molecule has 1 saturated heterocycles. The summed E-state index contributed by atoms with van der Waals surface area (Å²) in [5.41, 5.74) is 2.02. The molecule has 19 heavy (non-hydrogen) atoms. The fourth-order valence-corrected chi connectivity index (χ4v) is 2.36. The van der Waals surface area contributed by atoms with E-state index in [0.717, 1.165) is 17.5 Å². The van der Waals surface area contributed by atoms with Crippen LogP contribution in [0.25, 0.3) is 0 Å². The minimum atomic E-state index is -0.355. The van der Waals surface area contributed by atoms with Gasteiger partial charge in [0.05, 0.1) is 6.54 Å². The second kappa shape index (κ2) is 5.82. The molecule has 0 aromatic carbocycles. The number of piperazine rings is 1. The lowest BCUT2D eigenvalue weighted by molar-refractivity contribution is -0.146. The Morgan fingerprint density at radius 2 is 2.21 bits per heavy atom. The molecule has 0 spiro atoms. The first-order chi connectivity index (χ1) is 9.11. The molecule has 1 fully saturated rings. The quantitative estimate of drug-likeness (QED) is 0.880. The molecule has 1 aliphatic heterocycles. The number of amides is 2. The number of hydrogen-bond donors (Lipinski definition) is 1. The summed E-state index contributed by atoms with van der Waals surface area (Å²) in [6.07, 6.45) is 5.08. The predicted octanol–water partition coefficient (Wildman–Crippen LogP) is 1.02. The lowest BCUT2D eigenvalue weighted by atomic mass is 10.1. The summed E-state index contributed by atoms with van der Waals surface area (Å²) in [6.45, 7) is 4.52. The average molecular weight is 261 g/mol.